The Labute approximate surface area is 183 Å². The van der Waals surface area contributed by atoms with E-state index in [9.17, 15) is 4.39 Å². The first kappa shape index (κ1) is 20.3. The lowest BCUT2D eigenvalue weighted by atomic mass is 9.96. The van der Waals surface area contributed by atoms with Crippen molar-refractivity contribution in [3.63, 3.8) is 0 Å². The zero-order valence-electron chi connectivity index (χ0n) is 17.4. The Kier molecular flexibility index (Phi) is 6.01. The summed E-state index contributed by atoms with van der Waals surface area (Å²) in [6, 6.07) is 15.7. The number of rotatable bonds is 5. The van der Waals surface area contributed by atoms with Crippen LogP contribution >= 0.6 is 11.8 Å². The van der Waals surface area contributed by atoms with Crippen molar-refractivity contribution in [2.45, 2.75) is 17.9 Å². The van der Waals surface area contributed by atoms with Gasteiger partial charge >= 0.3 is 0 Å². The van der Waals surface area contributed by atoms with Gasteiger partial charge in [-0.3, -0.25) is 9.80 Å². The molecule has 1 unspecified atom stereocenters. The minimum Gasteiger partial charge on any atom is -0.369 e. The molecule has 0 aliphatic carbocycles. The summed E-state index contributed by atoms with van der Waals surface area (Å²) in [7, 11) is 0. The van der Waals surface area contributed by atoms with Gasteiger partial charge in [-0.1, -0.05) is 24.3 Å². The largest absolute Gasteiger partial charge is 0.369 e. The van der Waals surface area contributed by atoms with Gasteiger partial charge in [0.2, 0.25) is 0 Å². The molecule has 2 fully saturated rings. The zero-order valence-corrected chi connectivity index (χ0v) is 18.2. The van der Waals surface area contributed by atoms with Gasteiger partial charge in [0, 0.05) is 50.7 Å². The number of halogens is 1. The van der Waals surface area contributed by atoms with Gasteiger partial charge in [-0.2, -0.15) is 0 Å². The van der Waals surface area contributed by atoms with E-state index >= 15 is 0 Å². The van der Waals surface area contributed by atoms with E-state index in [1.54, 1.807) is 12.1 Å². The molecule has 4 nitrogen and oxygen atoms in total. The Bertz CT molecular complexity index is 848. The maximum Gasteiger partial charge on any atom is 0.152 e. The van der Waals surface area contributed by atoms with Gasteiger partial charge in [0.1, 0.15) is 5.82 Å². The predicted molar refractivity (Wildman–Crippen MR) is 121 cm³/mol. The average Bonchev–Trinajstić information content (AvgIpc) is 3.24. The summed E-state index contributed by atoms with van der Waals surface area (Å²) >= 11 is 1.97. The van der Waals surface area contributed by atoms with Crippen LogP contribution in [0.4, 0.5) is 10.1 Å². The van der Waals surface area contributed by atoms with Crippen LogP contribution in [-0.2, 0) is 16.2 Å². The van der Waals surface area contributed by atoms with Crippen molar-refractivity contribution in [2.24, 2.45) is 0 Å². The highest BCUT2D eigenvalue weighted by Gasteiger charge is 2.43. The summed E-state index contributed by atoms with van der Waals surface area (Å²) in [5.74, 6) is 0.918. The SMILES string of the molecule is Fc1ccc(N2CCN(CCCN3Cc4ccccc4C4(C3)OCCS4)CC2)cc1. The molecule has 5 rings (SSSR count). The third-order valence-corrected chi connectivity index (χ3v) is 7.82. The normalized spacial score (nSPS) is 25.0. The lowest BCUT2D eigenvalue weighted by Crippen LogP contribution is -2.48. The van der Waals surface area contributed by atoms with Crippen molar-refractivity contribution >= 4 is 17.4 Å². The molecule has 160 valence electrons. The van der Waals surface area contributed by atoms with Crippen LogP contribution in [0.25, 0.3) is 0 Å². The summed E-state index contributed by atoms with van der Waals surface area (Å²) < 4.78 is 19.4. The fourth-order valence-corrected chi connectivity index (χ4v) is 6.26. The summed E-state index contributed by atoms with van der Waals surface area (Å²) in [5.41, 5.74) is 3.94. The Morgan fingerprint density at radius 1 is 0.933 bits per heavy atom. The molecule has 1 atom stereocenters. The van der Waals surface area contributed by atoms with E-state index in [-0.39, 0.29) is 10.8 Å². The average molecular weight is 428 g/mol. The minimum absolute atomic E-state index is 0.157. The van der Waals surface area contributed by atoms with E-state index in [1.165, 1.54) is 17.5 Å². The number of hydrogen-bond acceptors (Lipinski definition) is 5. The van der Waals surface area contributed by atoms with Crippen LogP contribution in [0.15, 0.2) is 48.5 Å². The number of anilines is 1. The Morgan fingerprint density at radius 2 is 1.70 bits per heavy atom. The number of thioether (sulfide) groups is 1. The number of ether oxygens (including phenoxy) is 1. The monoisotopic (exact) mass is 427 g/mol. The van der Waals surface area contributed by atoms with Gasteiger partial charge in [-0.05, 0) is 54.9 Å². The van der Waals surface area contributed by atoms with Crippen LogP contribution in [0.1, 0.15) is 17.5 Å². The molecular formula is C24H30FN3OS. The first-order chi connectivity index (χ1) is 14.7. The van der Waals surface area contributed by atoms with Crippen LogP contribution < -0.4 is 4.90 Å². The third kappa shape index (κ3) is 4.24. The molecule has 3 aliphatic rings. The molecule has 0 N–H and O–H groups in total. The fraction of sp³-hybridized carbons (Fsp3) is 0.500. The highest BCUT2D eigenvalue weighted by Crippen LogP contribution is 2.47. The standard InChI is InChI=1S/C24H30FN3OS/c25-21-6-8-22(9-7-21)28-14-12-26(13-15-28)10-3-11-27-18-20-4-1-2-5-23(20)24(19-27)29-16-17-30-24/h1-2,4-9H,3,10-19H2. The van der Waals surface area contributed by atoms with E-state index in [4.69, 9.17) is 4.74 Å². The second kappa shape index (κ2) is 8.87. The maximum absolute atomic E-state index is 13.1. The molecule has 30 heavy (non-hydrogen) atoms. The Morgan fingerprint density at radius 3 is 2.47 bits per heavy atom. The topological polar surface area (TPSA) is 19.0 Å². The lowest BCUT2D eigenvalue weighted by Gasteiger charge is -2.41. The molecule has 0 aromatic heterocycles. The number of fused-ring (bicyclic) bond motifs is 2. The summed E-state index contributed by atoms with van der Waals surface area (Å²) in [4.78, 5) is 7.34. The van der Waals surface area contributed by atoms with E-state index in [0.717, 1.165) is 70.4 Å². The van der Waals surface area contributed by atoms with Crippen LogP contribution in [0.2, 0.25) is 0 Å². The molecule has 2 saturated heterocycles. The highest BCUT2D eigenvalue weighted by atomic mass is 32.2. The van der Waals surface area contributed by atoms with Crippen molar-refractivity contribution in [3.8, 4) is 0 Å². The summed E-state index contributed by atoms with van der Waals surface area (Å²) in [6.45, 7) is 9.28. The molecular weight excluding hydrogens is 397 g/mol. The van der Waals surface area contributed by atoms with Crippen LogP contribution in [0, 0.1) is 5.82 Å². The number of hydrogen-bond donors (Lipinski definition) is 0. The van der Waals surface area contributed by atoms with Crippen molar-refractivity contribution in [3.05, 3.63) is 65.5 Å². The van der Waals surface area contributed by atoms with Gasteiger partial charge in [0.25, 0.3) is 0 Å². The van der Waals surface area contributed by atoms with Crippen LogP contribution in [0.5, 0.6) is 0 Å². The van der Waals surface area contributed by atoms with Gasteiger partial charge in [0.15, 0.2) is 4.93 Å². The molecule has 0 radical (unpaired) electrons. The molecule has 0 saturated carbocycles. The number of piperazine rings is 1. The smallest absolute Gasteiger partial charge is 0.152 e. The molecule has 0 bridgehead atoms. The fourth-order valence-electron chi connectivity index (χ4n) is 4.97. The van der Waals surface area contributed by atoms with Gasteiger partial charge in [-0.25, -0.2) is 4.39 Å². The van der Waals surface area contributed by atoms with Crippen molar-refractivity contribution in [2.75, 3.05) is 63.1 Å². The highest BCUT2D eigenvalue weighted by molar-refractivity contribution is 8.00. The third-order valence-electron chi connectivity index (χ3n) is 6.52. The minimum atomic E-state index is -0.166. The van der Waals surface area contributed by atoms with Gasteiger partial charge in [0.05, 0.1) is 6.61 Å². The van der Waals surface area contributed by atoms with E-state index in [1.807, 2.05) is 23.9 Å². The number of benzene rings is 2. The van der Waals surface area contributed by atoms with Crippen molar-refractivity contribution in [1.29, 1.82) is 0 Å². The maximum atomic E-state index is 13.1. The second-order valence-corrected chi connectivity index (χ2v) is 9.83. The van der Waals surface area contributed by atoms with E-state index in [0.29, 0.717) is 0 Å². The van der Waals surface area contributed by atoms with Gasteiger partial charge in [-0.15, -0.1) is 11.8 Å². The molecule has 1 spiro atoms. The molecule has 2 aromatic carbocycles. The lowest BCUT2D eigenvalue weighted by molar-refractivity contribution is 0.00489. The summed E-state index contributed by atoms with van der Waals surface area (Å²) in [5, 5.41) is 0. The Balaban J connectivity index is 1.11. The molecule has 0 amide bonds. The summed E-state index contributed by atoms with van der Waals surface area (Å²) in [6.07, 6.45) is 1.18. The van der Waals surface area contributed by atoms with Gasteiger partial charge < -0.3 is 9.64 Å². The first-order valence-electron chi connectivity index (χ1n) is 11.0. The quantitative estimate of drug-likeness (QED) is 0.721. The Hall–Kier alpha value is -1.60. The first-order valence-corrected chi connectivity index (χ1v) is 12.0. The molecule has 3 heterocycles. The van der Waals surface area contributed by atoms with E-state index < -0.39 is 0 Å². The van der Waals surface area contributed by atoms with E-state index in [2.05, 4.69) is 39.0 Å². The van der Waals surface area contributed by atoms with Crippen molar-refractivity contribution in [1.82, 2.24) is 9.80 Å². The molecule has 3 aliphatic heterocycles. The van der Waals surface area contributed by atoms with Crippen molar-refractivity contribution < 1.29 is 9.13 Å². The number of nitrogens with zero attached hydrogens (tertiary/aromatic N) is 3. The van der Waals surface area contributed by atoms with Crippen LogP contribution in [-0.4, -0.2) is 68.0 Å². The zero-order chi connectivity index (χ0) is 20.4. The molecule has 6 heteroatoms. The second-order valence-electron chi connectivity index (χ2n) is 8.48. The van der Waals surface area contributed by atoms with Crippen LogP contribution in [0.3, 0.4) is 0 Å². The molecule has 2 aromatic rings. The predicted octanol–water partition coefficient (Wildman–Crippen LogP) is 3.77.